The van der Waals surface area contributed by atoms with Crippen LogP contribution in [0, 0.1) is 0 Å². The summed E-state index contributed by atoms with van der Waals surface area (Å²) in [6.45, 7) is 2.51. The lowest BCUT2D eigenvalue weighted by atomic mass is 10.3. The van der Waals surface area contributed by atoms with Gasteiger partial charge in [0, 0.05) is 26.8 Å². The van der Waals surface area contributed by atoms with E-state index in [1.807, 2.05) is 6.92 Å². The maximum Gasteiger partial charge on any atom is 0.276 e. The van der Waals surface area contributed by atoms with E-state index in [0.29, 0.717) is 23.7 Å². The number of carbonyl (C=O) groups excluding carboxylic acids is 2. The van der Waals surface area contributed by atoms with Crippen molar-refractivity contribution < 1.29 is 19.1 Å². The van der Waals surface area contributed by atoms with E-state index < -0.39 is 5.91 Å². The van der Waals surface area contributed by atoms with Gasteiger partial charge in [0.05, 0.1) is 19.0 Å². The SMILES string of the molecule is CCn1ncc(NC(=O)c2ccn(COc3ccc(OC)cc3)n2)c1C(=O)N(C)C. The van der Waals surface area contributed by atoms with Crippen molar-refractivity contribution in [3.8, 4) is 11.5 Å². The highest BCUT2D eigenvalue weighted by atomic mass is 16.5. The Labute approximate surface area is 174 Å². The van der Waals surface area contributed by atoms with E-state index in [9.17, 15) is 9.59 Å². The van der Waals surface area contributed by atoms with Crippen LogP contribution in [0.5, 0.6) is 11.5 Å². The maximum absolute atomic E-state index is 12.6. The molecule has 2 heterocycles. The Balaban J connectivity index is 1.66. The van der Waals surface area contributed by atoms with Gasteiger partial charge in [-0.25, -0.2) is 4.68 Å². The van der Waals surface area contributed by atoms with E-state index in [-0.39, 0.29) is 18.3 Å². The molecule has 0 bridgehead atoms. The average Bonchev–Trinajstić information content (AvgIpc) is 3.39. The van der Waals surface area contributed by atoms with Crippen molar-refractivity contribution >= 4 is 17.5 Å². The fraction of sp³-hybridized carbons (Fsp3) is 0.300. The van der Waals surface area contributed by atoms with Crippen molar-refractivity contribution in [2.24, 2.45) is 0 Å². The van der Waals surface area contributed by atoms with Crippen LogP contribution in [-0.4, -0.2) is 57.5 Å². The predicted octanol–water partition coefficient (Wildman–Crippen LogP) is 2.10. The lowest BCUT2D eigenvalue weighted by Crippen LogP contribution is -2.26. The standard InChI is InChI=1S/C20H24N6O4/c1-5-26-18(20(28)24(2)3)17(12-21-26)22-19(27)16-10-11-25(23-16)13-30-15-8-6-14(29-4)7-9-15/h6-12H,5,13H2,1-4H3,(H,22,27). The largest absolute Gasteiger partial charge is 0.497 e. The second-order valence-corrected chi connectivity index (χ2v) is 6.57. The van der Waals surface area contributed by atoms with Gasteiger partial charge in [-0.15, -0.1) is 0 Å². The van der Waals surface area contributed by atoms with Crippen LogP contribution in [0.25, 0.3) is 0 Å². The van der Waals surface area contributed by atoms with Gasteiger partial charge >= 0.3 is 0 Å². The Morgan fingerprint density at radius 1 is 1.13 bits per heavy atom. The number of ether oxygens (including phenoxy) is 2. The smallest absolute Gasteiger partial charge is 0.276 e. The lowest BCUT2D eigenvalue weighted by Gasteiger charge is -2.13. The van der Waals surface area contributed by atoms with Gasteiger partial charge in [-0.05, 0) is 37.3 Å². The monoisotopic (exact) mass is 412 g/mol. The molecule has 0 saturated heterocycles. The number of nitrogens with zero attached hydrogens (tertiary/aromatic N) is 5. The summed E-state index contributed by atoms with van der Waals surface area (Å²) in [6, 6.07) is 8.72. The molecule has 0 spiro atoms. The number of amides is 2. The third-order valence-corrected chi connectivity index (χ3v) is 4.29. The number of hydrogen-bond acceptors (Lipinski definition) is 6. The molecule has 158 valence electrons. The highest BCUT2D eigenvalue weighted by Gasteiger charge is 2.22. The first-order valence-corrected chi connectivity index (χ1v) is 9.32. The number of anilines is 1. The zero-order valence-electron chi connectivity index (χ0n) is 17.3. The summed E-state index contributed by atoms with van der Waals surface area (Å²) >= 11 is 0. The van der Waals surface area contributed by atoms with Gasteiger partial charge in [-0.2, -0.15) is 10.2 Å². The quantitative estimate of drug-likeness (QED) is 0.608. The molecular formula is C20H24N6O4. The maximum atomic E-state index is 12.6. The summed E-state index contributed by atoms with van der Waals surface area (Å²) in [6.07, 6.45) is 3.10. The Morgan fingerprint density at radius 3 is 2.47 bits per heavy atom. The molecule has 0 aliphatic rings. The fourth-order valence-electron chi connectivity index (χ4n) is 2.71. The number of aromatic nitrogens is 4. The minimum atomic E-state index is -0.443. The van der Waals surface area contributed by atoms with Crippen molar-refractivity contribution in [2.75, 3.05) is 26.5 Å². The first-order chi connectivity index (χ1) is 14.4. The highest BCUT2D eigenvalue weighted by molar-refractivity contribution is 6.07. The van der Waals surface area contributed by atoms with Crippen LogP contribution in [0.2, 0.25) is 0 Å². The number of methoxy groups -OCH3 is 1. The van der Waals surface area contributed by atoms with Gasteiger partial charge < -0.3 is 19.7 Å². The number of aryl methyl sites for hydroxylation is 1. The van der Waals surface area contributed by atoms with E-state index in [4.69, 9.17) is 9.47 Å². The minimum Gasteiger partial charge on any atom is -0.497 e. The number of benzene rings is 1. The summed E-state index contributed by atoms with van der Waals surface area (Å²) in [7, 11) is 4.88. The van der Waals surface area contributed by atoms with Crippen LogP contribution < -0.4 is 14.8 Å². The fourth-order valence-corrected chi connectivity index (χ4v) is 2.71. The van der Waals surface area contributed by atoms with Crippen molar-refractivity contribution in [1.82, 2.24) is 24.5 Å². The summed E-state index contributed by atoms with van der Waals surface area (Å²) < 4.78 is 13.8. The molecule has 0 unspecified atom stereocenters. The third kappa shape index (κ3) is 4.59. The molecule has 0 radical (unpaired) electrons. The lowest BCUT2D eigenvalue weighted by molar-refractivity contribution is 0.0816. The molecular weight excluding hydrogens is 388 g/mol. The molecule has 0 atom stereocenters. The molecule has 3 rings (SSSR count). The van der Waals surface area contributed by atoms with Gasteiger partial charge in [0.25, 0.3) is 11.8 Å². The molecule has 10 heteroatoms. The van der Waals surface area contributed by atoms with Gasteiger partial charge in [-0.3, -0.25) is 14.3 Å². The van der Waals surface area contributed by atoms with Gasteiger partial charge in [0.1, 0.15) is 17.2 Å². The van der Waals surface area contributed by atoms with Gasteiger partial charge in [0.2, 0.25) is 0 Å². The van der Waals surface area contributed by atoms with Crippen LogP contribution in [0.3, 0.4) is 0 Å². The molecule has 2 amide bonds. The van der Waals surface area contributed by atoms with Crippen LogP contribution in [0.15, 0.2) is 42.7 Å². The molecule has 0 aliphatic heterocycles. The summed E-state index contributed by atoms with van der Waals surface area (Å²) in [4.78, 5) is 26.5. The molecule has 30 heavy (non-hydrogen) atoms. The van der Waals surface area contributed by atoms with Gasteiger partial charge in [-0.1, -0.05) is 0 Å². The van der Waals surface area contributed by atoms with E-state index in [1.165, 1.54) is 15.8 Å². The Morgan fingerprint density at radius 2 is 1.83 bits per heavy atom. The second-order valence-electron chi connectivity index (χ2n) is 6.57. The first-order valence-electron chi connectivity index (χ1n) is 9.32. The molecule has 3 aromatic rings. The van der Waals surface area contributed by atoms with Crippen LogP contribution in [-0.2, 0) is 13.3 Å². The Bertz CT molecular complexity index is 1020. The molecule has 1 N–H and O–H groups in total. The van der Waals surface area contributed by atoms with E-state index in [2.05, 4.69) is 15.5 Å². The first kappa shape index (κ1) is 20.9. The molecule has 0 saturated carbocycles. The number of rotatable bonds is 8. The van der Waals surface area contributed by atoms with Crippen molar-refractivity contribution in [1.29, 1.82) is 0 Å². The molecule has 2 aromatic heterocycles. The zero-order valence-corrected chi connectivity index (χ0v) is 17.3. The van der Waals surface area contributed by atoms with Crippen molar-refractivity contribution in [3.05, 3.63) is 54.1 Å². The van der Waals surface area contributed by atoms with Crippen LogP contribution >= 0.6 is 0 Å². The Hall–Kier alpha value is -3.82. The molecule has 1 aromatic carbocycles. The van der Waals surface area contributed by atoms with E-state index >= 15 is 0 Å². The van der Waals surface area contributed by atoms with E-state index in [1.54, 1.807) is 62.4 Å². The van der Waals surface area contributed by atoms with Crippen LogP contribution in [0.1, 0.15) is 27.9 Å². The third-order valence-electron chi connectivity index (χ3n) is 4.29. The molecule has 0 fully saturated rings. The summed E-state index contributed by atoms with van der Waals surface area (Å²) in [5.74, 6) is 0.694. The van der Waals surface area contributed by atoms with E-state index in [0.717, 1.165) is 5.75 Å². The van der Waals surface area contributed by atoms with Crippen molar-refractivity contribution in [3.63, 3.8) is 0 Å². The topological polar surface area (TPSA) is 104 Å². The molecule has 0 aliphatic carbocycles. The molecule has 10 nitrogen and oxygen atoms in total. The number of carbonyl (C=O) groups is 2. The Kier molecular flexibility index (Phi) is 6.35. The predicted molar refractivity (Wildman–Crippen MR) is 110 cm³/mol. The summed E-state index contributed by atoms with van der Waals surface area (Å²) in [5.41, 5.74) is 0.850. The second kappa shape index (κ2) is 9.12. The summed E-state index contributed by atoms with van der Waals surface area (Å²) in [5, 5.41) is 11.1. The van der Waals surface area contributed by atoms with Gasteiger partial charge in [0.15, 0.2) is 12.4 Å². The zero-order chi connectivity index (χ0) is 21.7. The minimum absolute atomic E-state index is 0.137. The normalized spacial score (nSPS) is 10.5. The number of hydrogen-bond donors (Lipinski definition) is 1. The average molecular weight is 412 g/mol. The number of nitrogens with one attached hydrogen (secondary N) is 1. The highest BCUT2D eigenvalue weighted by Crippen LogP contribution is 2.19. The van der Waals surface area contributed by atoms with Crippen LogP contribution in [0.4, 0.5) is 5.69 Å². The van der Waals surface area contributed by atoms with Crippen molar-refractivity contribution in [2.45, 2.75) is 20.2 Å².